The highest BCUT2D eigenvalue weighted by Crippen LogP contribution is 2.33. The van der Waals surface area contributed by atoms with Gasteiger partial charge in [0.2, 0.25) is 0 Å². The quantitative estimate of drug-likeness (QED) is 0.689. The van der Waals surface area contributed by atoms with Crippen molar-refractivity contribution in [3.8, 4) is 0 Å². The SMILES string of the molecule is C1=C(c2ccccc2)CC(CN2CCC(c3ccccc3)CC2)CC1. The Morgan fingerprint density at radius 2 is 1.48 bits per heavy atom. The molecule has 0 amide bonds. The maximum absolute atomic E-state index is 2.72. The smallest absolute Gasteiger partial charge is 0.00130 e. The van der Waals surface area contributed by atoms with Crippen molar-refractivity contribution in [2.45, 2.75) is 38.0 Å². The van der Waals surface area contributed by atoms with Gasteiger partial charge in [-0.15, -0.1) is 0 Å². The Morgan fingerprint density at radius 1 is 0.800 bits per heavy atom. The summed E-state index contributed by atoms with van der Waals surface area (Å²) in [5.74, 6) is 1.59. The molecule has 2 aromatic carbocycles. The van der Waals surface area contributed by atoms with Gasteiger partial charge < -0.3 is 4.90 Å². The van der Waals surface area contributed by atoms with E-state index in [4.69, 9.17) is 0 Å². The molecule has 130 valence electrons. The van der Waals surface area contributed by atoms with Crippen molar-refractivity contribution in [3.63, 3.8) is 0 Å². The van der Waals surface area contributed by atoms with Gasteiger partial charge in [-0.2, -0.15) is 0 Å². The van der Waals surface area contributed by atoms with Gasteiger partial charge in [-0.3, -0.25) is 0 Å². The van der Waals surface area contributed by atoms with Gasteiger partial charge >= 0.3 is 0 Å². The summed E-state index contributed by atoms with van der Waals surface area (Å²) in [6.07, 6.45) is 8.96. The zero-order chi connectivity index (χ0) is 16.9. The number of hydrogen-bond acceptors (Lipinski definition) is 1. The zero-order valence-corrected chi connectivity index (χ0v) is 15.1. The van der Waals surface area contributed by atoms with Crippen LogP contribution in [0.2, 0.25) is 0 Å². The van der Waals surface area contributed by atoms with E-state index in [-0.39, 0.29) is 0 Å². The normalized spacial score (nSPS) is 22.6. The van der Waals surface area contributed by atoms with Crippen LogP contribution in [0.1, 0.15) is 49.1 Å². The number of benzene rings is 2. The van der Waals surface area contributed by atoms with Crippen molar-refractivity contribution in [2.75, 3.05) is 19.6 Å². The second-order valence-electron chi connectivity index (χ2n) is 7.73. The third-order valence-electron chi connectivity index (χ3n) is 5.99. The molecule has 0 aromatic heterocycles. The lowest BCUT2D eigenvalue weighted by atomic mass is 9.84. The highest BCUT2D eigenvalue weighted by molar-refractivity contribution is 5.66. The molecule has 4 rings (SSSR count). The van der Waals surface area contributed by atoms with Crippen LogP contribution < -0.4 is 0 Å². The molecule has 0 saturated carbocycles. The van der Waals surface area contributed by atoms with Gasteiger partial charge in [0.15, 0.2) is 0 Å². The van der Waals surface area contributed by atoms with E-state index in [1.165, 1.54) is 62.9 Å². The lowest BCUT2D eigenvalue weighted by Crippen LogP contribution is -2.37. The third-order valence-corrected chi connectivity index (χ3v) is 5.99. The molecule has 0 bridgehead atoms. The van der Waals surface area contributed by atoms with Crippen LogP contribution in [0.4, 0.5) is 0 Å². The van der Waals surface area contributed by atoms with Crippen LogP contribution in [0, 0.1) is 5.92 Å². The van der Waals surface area contributed by atoms with E-state index in [0.29, 0.717) is 0 Å². The number of piperidine rings is 1. The van der Waals surface area contributed by atoms with Crippen LogP contribution >= 0.6 is 0 Å². The minimum atomic E-state index is 0.767. The fraction of sp³-hybridized carbons (Fsp3) is 0.417. The van der Waals surface area contributed by atoms with Crippen molar-refractivity contribution in [3.05, 3.63) is 77.9 Å². The Balaban J connectivity index is 1.30. The fourth-order valence-electron chi connectivity index (χ4n) is 4.57. The van der Waals surface area contributed by atoms with Crippen molar-refractivity contribution in [2.24, 2.45) is 5.92 Å². The van der Waals surface area contributed by atoms with Crippen molar-refractivity contribution in [1.29, 1.82) is 0 Å². The van der Waals surface area contributed by atoms with Crippen LogP contribution in [0.25, 0.3) is 5.57 Å². The molecule has 2 aliphatic rings. The summed E-state index contributed by atoms with van der Waals surface area (Å²) in [7, 11) is 0. The molecule has 1 nitrogen and oxygen atoms in total. The third kappa shape index (κ3) is 4.22. The molecule has 2 aromatic rings. The number of allylic oxidation sites excluding steroid dienone is 2. The number of likely N-dealkylation sites (tertiary alicyclic amines) is 1. The lowest BCUT2D eigenvalue weighted by Gasteiger charge is -2.35. The number of hydrogen-bond donors (Lipinski definition) is 0. The molecule has 1 aliphatic carbocycles. The highest BCUT2D eigenvalue weighted by atomic mass is 15.1. The molecule has 1 fully saturated rings. The van der Waals surface area contributed by atoms with E-state index in [1.54, 1.807) is 5.57 Å². The van der Waals surface area contributed by atoms with Gasteiger partial charge in [0.05, 0.1) is 0 Å². The molecule has 1 aliphatic heterocycles. The molecule has 0 spiro atoms. The summed E-state index contributed by atoms with van der Waals surface area (Å²) < 4.78 is 0. The summed E-state index contributed by atoms with van der Waals surface area (Å²) in [5.41, 5.74) is 4.53. The minimum Gasteiger partial charge on any atom is -0.303 e. The van der Waals surface area contributed by atoms with E-state index in [9.17, 15) is 0 Å². The Kier molecular flexibility index (Phi) is 5.32. The largest absolute Gasteiger partial charge is 0.303 e. The van der Waals surface area contributed by atoms with Crippen molar-refractivity contribution >= 4 is 5.57 Å². The molecule has 1 heterocycles. The van der Waals surface area contributed by atoms with Gasteiger partial charge in [0.1, 0.15) is 0 Å². The van der Waals surface area contributed by atoms with E-state index in [2.05, 4.69) is 71.6 Å². The summed E-state index contributed by atoms with van der Waals surface area (Å²) in [5, 5.41) is 0. The maximum atomic E-state index is 2.72. The minimum absolute atomic E-state index is 0.767. The average molecular weight is 332 g/mol. The van der Waals surface area contributed by atoms with Crippen LogP contribution in [-0.4, -0.2) is 24.5 Å². The first kappa shape index (κ1) is 16.6. The Bertz CT molecular complexity index is 681. The average Bonchev–Trinajstić information content (AvgIpc) is 2.70. The fourth-order valence-corrected chi connectivity index (χ4v) is 4.57. The van der Waals surface area contributed by atoms with Gasteiger partial charge in [0, 0.05) is 6.54 Å². The molecule has 1 atom stereocenters. The summed E-state index contributed by atoms with van der Waals surface area (Å²) >= 11 is 0. The standard InChI is InChI=1S/C24H29N/c1-3-9-21(10-4-1)23-14-16-25(17-15-23)19-20-8-7-13-24(18-20)22-11-5-2-6-12-22/h1-6,9-13,20,23H,7-8,14-19H2. The van der Waals surface area contributed by atoms with Gasteiger partial charge in [-0.25, -0.2) is 0 Å². The first-order chi connectivity index (χ1) is 12.4. The molecule has 1 saturated heterocycles. The topological polar surface area (TPSA) is 3.24 Å². The molecule has 25 heavy (non-hydrogen) atoms. The van der Waals surface area contributed by atoms with E-state index >= 15 is 0 Å². The molecule has 1 unspecified atom stereocenters. The van der Waals surface area contributed by atoms with E-state index in [0.717, 1.165) is 11.8 Å². The lowest BCUT2D eigenvalue weighted by molar-refractivity contribution is 0.179. The van der Waals surface area contributed by atoms with Crippen molar-refractivity contribution in [1.82, 2.24) is 4.90 Å². The monoisotopic (exact) mass is 331 g/mol. The Morgan fingerprint density at radius 3 is 2.20 bits per heavy atom. The Labute approximate surface area is 152 Å². The maximum Gasteiger partial charge on any atom is 0.00130 e. The molecular formula is C24H29N. The number of rotatable bonds is 4. The van der Waals surface area contributed by atoms with Gasteiger partial charge in [-0.05, 0) is 73.7 Å². The van der Waals surface area contributed by atoms with Crippen LogP contribution in [0.3, 0.4) is 0 Å². The molecule has 0 radical (unpaired) electrons. The summed E-state index contributed by atoms with van der Waals surface area (Å²) in [6.45, 7) is 3.81. The molecule has 0 N–H and O–H groups in total. The first-order valence-electron chi connectivity index (χ1n) is 9.90. The predicted molar refractivity (Wildman–Crippen MR) is 107 cm³/mol. The summed E-state index contributed by atoms with van der Waals surface area (Å²) in [6, 6.07) is 22.1. The van der Waals surface area contributed by atoms with Crippen LogP contribution in [-0.2, 0) is 0 Å². The van der Waals surface area contributed by atoms with E-state index < -0.39 is 0 Å². The second-order valence-corrected chi connectivity index (χ2v) is 7.73. The van der Waals surface area contributed by atoms with Crippen molar-refractivity contribution < 1.29 is 0 Å². The van der Waals surface area contributed by atoms with Crippen LogP contribution in [0.15, 0.2) is 66.7 Å². The first-order valence-corrected chi connectivity index (χ1v) is 9.90. The van der Waals surface area contributed by atoms with Gasteiger partial charge in [0.25, 0.3) is 0 Å². The predicted octanol–water partition coefficient (Wildman–Crippen LogP) is 5.75. The van der Waals surface area contributed by atoms with Crippen LogP contribution in [0.5, 0.6) is 0 Å². The summed E-state index contributed by atoms with van der Waals surface area (Å²) in [4.78, 5) is 2.72. The molecular weight excluding hydrogens is 302 g/mol. The van der Waals surface area contributed by atoms with E-state index in [1.807, 2.05) is 0 Å². The zero-order valence-electron chi connectivity index (χ0n) is 15.1. The highest BCUT2D eigenvalue weighted by Gasteiger charge is 2.24. The Hall–Kier alpha value is -1.86. The second kappa shape index (κ2) is 8.01. The van der Waals surface area contributed by atoms with Gasteiger partial charge in [-0.1, -0.05) is 66.7 Å². The molecule has 1 heteroatoms. The number of nitrogens with zero attached hydrogens (tertiary/aromatic N) is 1.